The molecule has 0 saturated carbocycles. The summed E-state index contributed by atoms with van der Waals surface area (Å²) in [5.74, 6) is 0.968. The van der Waals surface area contributed by atoms with Crippen LogP contribution in [0.5, 0.6) is 10.9 Å². The van der Waals surface area contributed by atoms with Crippen molar-refractivity contribution in [3.05, 3.63) is 48.3 Å². The van der Waals surface area contributed by atoms with Gasteiger partial charge in [0.2, 0.25) is 5.91 Å². The van der Waals surface area contributed by atoms with Gasteiger partial charge in [0.1, 0.15) is 5.75 Å². The number of fused-ring (bicyclic) bond motifs is 1. The third-order valence-corrected chi connectivity index (χ3v) is 5.72. The Labute approximate surface area is 162 Å². The first-order valence-electron chi connectivity index (χ1n) is 9.12. The molecule has 4 rings (SSSR count). The molecule has 0 unspecified atom stereocenters. The Morgan fingerprint density at radius 2 is 1.93 bits per heavy atom. The van der Waals surface area contributed by atoms with Gasteiger partial charge < -0.3 is 9.64 Å². The molecule has 140 valence electrons. The molecule has 7 heteroatoms. The van der Waals surface area contributed by atoms with Crippen molar-refractivity contribution < 1.29 is 9.53 Å². The van der Waals surface area contributed by atoms with Crippen molar-refractivity contribution in [1.82, 2.24) is 19.8 Å². The van der Waals surface area contributed by atoms with E-state index < -0.39 is 0 Å². The number of amides is 1. The predicted octanol–water partition coefficient (Wildman–Crippen LogP) is 3.19. The summed E-state index contributed by atoms with van der Waals surface area (Å²) >= 11 is 1.50. The topological polar surface area (TPSA) is 58.6 Å². The fraction of sp³-hybridized carbons (Fsp3) is 0.350. The molecule has 1 saturated heterocycles. The highest BCUT2D eigenvalue weighted by Gasteiger charge is 2.18. The first-order valence-corrected chi connectivity index (χ1v) is 9.94. The van der Waals surface area contributed by atoms with E-state index in [0.717, 1.165) is 55.1 Å². The lowest BCUT2D eigenvalue weighted by atomic mass is 10.1. The van der Waals surface area contributed by atoms with E-state index in [-0.39, 0.29) is 5.91 Å². The fourth-order valence-corrected chi connectivity index (χ4v) is 4.00. The monoisotopic (exact) mass is 382 g/mol. The van der Waals surface area contributed by atoms with Crippen LogP contribution in [0.15, 0.2) is 42.7 Å². The fourth-order valence-electron chi connectivity index (χ4n) is 3.20. The minimum absolute atomic E-state index is 0.176. The van der Waals surface area contributed by atoms with Crippen LogP contribution in [0.2, 0.25) is 0 Å². The molecule has 3 aromatic rings. The van der Waals surface area contributed by atoms with Gasteiger partial charge in [0.05, 0.1) is 10.2 Å². The third-order valence-electron chi connectivity index (χ3n) is 4.83. The Balaban J connectivity index is 1.29. The third kappa shape index (κ3) is 4.43. The Kier molecular flexibility index (Phi) is 5.31. The molecule has 0 aliphatic carbocycles. The molecule has 0 bridgehead atoms. The van der Waals surface area contributed by atoms with Gasteiger partial charge in [0.25, 0.3) is 5.19 Å². The normalized spacial score (nSPS) is 15.2. The van der Waals surface area contributed by atoms with Crippen molar-refractivity contribution >= 4 is 27.5 Å². The van der Waals surface area contributed by atoms with Crippen molar-refractivity contribution in [3.63, 3.8) is 0 Å². The van der Waals surface area contributed by atoms with Crippen LogP contribution in [-0.4, -0.2) is 58.4 Å². The van der Waals surface area contributed by atoms with Gasteiger partial charge in [-0.15, -0.1) is 0 Å². The average molecular weight is 382 g/mol. The van der Waals surface area contributed by atoms with Gasteiger partial charge in [-0.25, -0.2) is 4.98 Å². The second-order valence-corrected chi connectivity index (χ2v) is 7.66. The number of thiazole rings is 1. The summed E-state index contributed by atoms with van der Waals surface area (Å²) in [6.07, 6.45) is 4.53. The number of benzene rings is 1. The van der Waals surface area contributed by atoms with Gasteiger partial charge in [-0.2, -0.15) is 0 Å². The molecule has 27 heavy (non-hydrogen) atoms. The number of piperazine rings is 1. The largest absolute Gasteiger partial charge is 0.431 e. The van der Waals surface area contributed by atoms with Crippen molar-refractivity contribution in [2.75, 3.05) is 32.7 Å². The number of pyridine rings is 1. The Hall–Kier alpha value is -2.51. The second kappa shape index (κ2) is 8.02. The number of hydrogen-bond donors (Lipinski definition) is 0. The maximum Gasteiger partial charge on any atom is 0.279 e. The number of hydrogen-bond acceptors (Lipinski definition) is 6. The highest BCUT2D eigenvalue weighted by atomic mass is 32.1. The average Bonchev–Trinajstić information content (AvgIpc) is 3.10. The second-order valence-electron chi connectivity index (χ2n) is 6.67. The minimum Gasteiger partial charge on any atom is -0.431 e. The molecular formula is C20H22N4O2S. The first kappa shape index (κ1) is 17.9. The van der Waals surface area contributed by atoms with E-state index in [4.69, 9.17) is 4.74 Å². The molecule has 3 heterocycles. The van der Waals surface area contributed by atoms with Crippen LogP contribution in [0, 0.1) is 0 Å². The van der Waals surface area contributed by atoms with Gasteiger partial charge in [-0.05, 0) is 30.2 Å². The molecule has 2 aromatic heterocycles. The van der Waals surface area contributed by atoms with E-state index in [9.17, 15) is 4.79 Å². The highest BCUT2D eigenvalue weighted by Crippen LogP contribution is 2.30. The zero-order valence-electron chi connectivity index (χ0n) is 15.3. The van der Waals surface area contributed by atoms with Crippen LogP contribution in [0.25, 0.3) is 10.2 Å². The van der Waals surface area contributed by atoms with Crippen LogP contribution >= 0.6 is 11.3 Å². The molecule has 1 amide bonds. The number of nitrogens with zero attached hydrogens (tertiary/aromatic N) is 4. The number of carbonyl (C=O) groups is 1. The van der Waals surface area contributed by atoms with Gasteiger partial charge >= 0.3 is 0 Å². The quantitative estimate of drug-likeness (QED) is 0.678. The lowest BCUT2D eigenvalue weighted by Crippen LogP contribution is -2.48. The zero-order valence-corrected chi connectivity index (χ0v) is 16.1. The maximum atomic E-state index is 11.4. The molecule has 1 aliphatic rings. The van der Waals surface area contributed by atoms with E-state index in [1.807, 2.05) is 23.1 Å². The summed E-state index contributed by atoms with van der Waals surface area (Å²) < 4.78 is 6.90. The van der Waals surface area contributed by atoms with E-state index in [1.54, 1.807) is 19.3 Å². The molecule has 6 nitrogen and oxygen atoms in total. The lowest BCUT2D eigenvalue weighted by Gasteiger charge is -2.34. The van der Waals surface area contributed by atoms with Gasteiger partial charge in [-0.1, -0.05) is 23.5 Å². The first-order chi connectivity index (χ1) is 13.2. The van der Waals surface area contributed by atoms with Crippen LogP contribution in [-0.2, 0) is 11.2 Å². The van der Waals surface area contributed by atoms with E-state index in [0.29, 0.717) is 5.19 Å². The van der Waals surface area contributed by atoms with E-state index >= 15 is 0 Å². The molecule has 0 N–H and O–H groups in total. The molecular weight excluding hydrogens is 360 g/mol. The summed E-state index contributed by atoms with van der Waals surface area (Å²) in [5.41, 5.74) is 2.19. The Morgan fingerprint density at radius 1 is 1.15 bits per heavy atom. The number of ether oxygens (including phenoxy) is 1. The molecule has 1 fully saturated rings. The van der Waals surface area contributed by atoms with E-state index in [2.05, 4.69) is 27.0 Å². The predicted molar refractivity (Wildman–Crippen MR) is 106 cm³/mol. The molecule has 1 aliphatic heterocycles. The van der Waals surface area contributed by atoms with Crippen molar-refractivity contribution in [3.8, 4) is 10.9 Å². The van der Waals surface area contributed by atoms with Crippen molar-refractivity contribution in [1.29, 1.82) is 0 Å². The van der Waals surface area contributed by atoms with Gasteiger partial charge in [-0.3, -0.25) is 14.7 Å². The summed E-state index contributed by atoms with van der Waals surface area (Å²) in [5, 5.41) is 0.633. The van der Waals surface area contributed by atoms with Crippen LogP contribution in [0.1, 0.15) is 12.5 Å². The van der Waals surface area contributed by atoms with Crippen molar-refractivity contribution in [2.45, 2.75) is 13.3 Å². The highest BCUT2D eigenvalue weighted by molar-refractivity contribution is 7.20. The van der Waals surface area contributed by atoms with Crippen LogP contribution in [0.3, 0.4) is 0 Å². The maximum absolute atomic E-state index is 11.4. The molecule has 1 aromatic carbocycles. The summed E-state index contributed by atoms with van der Waals surface area (Å²) in [6, 6.07) is 10.1. The Bertz CT molecular complexity index is 884. The zero-order chi connectivity index (χ0) is 18.6. The Morgan fingerprint density at radius 3 is 2.63 bits per heavy atom. The number of carbonyl (C=O) groups excluding carboxylic acids is 1. The minimum atomic E-state index is 0.176. The van der Waals surface area contributed by atoms with Crippen LogP contribution < -0.4 is 4.74 Å². The number of rotatable bonds is 5. The van der Waals surface area contributed by atoms with E-state index in [1.165, 1.54) is 16.9 Å². The van der Waals surface area contributed by atoms with Crippen molar-refractivity contribution in [2.24, 2.45) is 0 Å². The molecule has 0 atom stereocenters. The summed E-state index contributed by atoms with van der Waals surface area (Å²) in [6.45, 7) is 6.22. The SMILES string of the molecule is CC(=O)N1CCN(CCc2ccc(Oc3nc4ccncc4s3)cc2)CC1. The summed E-state index contributed by atoms with van der Waals surface area (Å²) in [4.78, 5) is 24.3. The summed E-state index contributed by atoms with van der Waals surface area (Å²) in [7, 11) is 0. The smallest absolute Gasteiger partial charge is 0.279 e. The lowest BCUT2D eigenvalue weighted by molar-refractivity contribution is -0.130. The standard InChI is InChI=1S/C20H22N4O2S/c1-15(25)24-12-10-23(11-13-24)9-7-16-2-4-17(5-3-16)26-20-22-18-6-8-21-14-19(18)27-20/h2-6,8,14H,7,9-13H2,1H3. The number of aromatic nitrogens is 2. The molecule has 0 radical (unpaired) electrons. The van der Waals surface area contributed by atoms with Gasteiger partial charge in [0, 0.05) is 52.0 Å². The van der Waals surface area contributed by atoms with Gasteiger partial charge in [0.15, 0.2) is 0 Å². The molecule has 0 spiro atoms. The van der Waals surface area contributed by atoms with Crippen LogP contribution in [0.4, 0.5) is 0 Å².